The summed E-state index contributed by atoms with van der Waals surface area (Å²) in [6.45, 7) is 9.23. The van der Waals surface area contributed by atoms with Crippen LogP contribution in [0.2, 0.25) is 0 Å². The van der Waals surface area contributed by atoms with E-state index in [1.807, 2.05) is 6.92 Å². The van der Waals surface area contributed by atoms with Crippen LogP contribution < -0.4 is 5.32 Å². The largest absolute Gasteiger partial charge is 0.356 e. The van der Waals surface area contributed by atoms with Crippen LogP contribution in [0.3, 0.4) is 0 Å². The first-order chi connectivity index (χ1) is 5.94. The Hall–Kier alpha value is -0.530. The molecule has 76 valence electrons. The van der Waals surface area contributed by atoms with Gasteiger partial charge in [0, 0.05) is 6.54 Å². The second-order valence-electron chi connectivity index (χ2n) is 4.93. The molecule has 1 amide bonds. The molecule has 0 saturated heterocycles. The second-order valence-corrected chi connectivity index (χ2v) is 4.93. The average Bonchev–Trinajstić information content (AvgIpc) is 2.28. The van der Waals surface area contributed by atoms with Crippen molar-refractivity contribution in [2.45, 2.75) is 47.0 Å². The summed E-state index contributed by atoms with van der Waals surface area (Å²) in [5.74, 6) is 0.234. The molecule has 0 aromatic heterocycles. The van der Waals surface area contributed by atoms with E-state index in [0.717, 1.165) is 13.0 Å². The zero-order valence-corrected chi connectivity index (χ0v) is 9.24. The molecule has 0 aliphatic heterocycles. The maximum Gasteiger partial charge on any atom is 0.226 e. The molecule has 2 nitrogen and oxygen atoms in total. The fourth-order valence-electron chi connectivity index (χ4n) is 2.27. The van der Waals surface area contributed by atoms with Gasteiger partial charge in [-0.15, -0.1) is 0 Å². The standard InChI is InChI=1S/C11H21NO/c1-5-12-9(13)11(4)8-6-7-10(11,2)3/h5-8H2,1-4H3,(H,12,13). The molecule has 0 aromatic rings. The first-order valence-corrected chi connectivity index (χ1v) is 5.22. The average molecular weight is 183 g/mol. The number of nitrogens with one attached hydrogen (secondary N) is 1. The van der Waals surface area contributed by atoms with Gasteiger partial charge in [-0.3, -0.25) is 4.79 Å². The van der Waals surface area contributed by atoms with Crippen LogP contribution in [0, 0.1) is 10.8 Å². The van der Waals surface area contributed by atoms with Crippen LogP contribution in [0.15, 0.2) is 0 Å². The van der Waals surface area contributed by atoms with Gasteiger partial charge in [0.1, 0.15) is 0 Å². The highest BCUT2D eigenvalue weighted by Crippen LogP contribution is 2.52. The van der Waals surface area contributed by atoms with Crippen molar-refractivity contribution in [3.8, 4) is 0 Å². The minimum atomic E-state index is -0.150. The van der Waals surface area contributed by atoms with E-state index >= 15 is 0 Å². The van der Waals surface area contributed by atoms with Gasteiger partial charge in [-0.2, -0.15) is 0 Å². The molecule has 1 aliphatic rings. The Balaban J connectivity index is 2.80. The lowest BCUT2D eigenvalue weighted by Crippen LogP contribution is -2.45. The maximum atomic E-state index is 11.9. The van der Waals surface area contributed by atoms with Crippen molar-refractivity contribution < 1.29 is 4.79 Å². The van der Waals surface area contributed by atoms with Gasteiger partial charge in [0.15, 0.2) is 0 Å². The first-order valence-electron chi connectivity index (χ1n) is 5.22. The molecule has 1 N–H and O–H groups in total. The third-order valence-corrected chi connectivity index (χ3v) is 3.81. The van der Waals surface area contributed by atoms with E-state index < -0.39 is 0 Å². The lowest BCUT2D eigenvalue weighted by molar-refractivity contribution is -0.134. The summed E-state index contributed by atoms with van der Waals surface area (Å²) in [5.41, 5.74) is 0.00919. The molecular formula is C11H21NO. The second kappa shape index (κ2) is 3.32. The zero-order chi connectivity index (χ0) is 10.1. The molecule has 0 spiro atoms. The molecule has 1 aliphatic carbocycles. The molecule has 0 aromatic carbocycles. The summed E-state index contributed by atoms with van der Waals surface area (Å²) in [7, 11) is 0. The number of rotatable bonds is 2. The lowest BCUT2D eigenvalue weighted by Gasteiger charge is -2.36. The number of amides is 1. The van der Waals surface area contributed by atoms with Gasteiger partial charge >= 0.3 is 0 Å². The first kappa shape index (κ1) is 10.6. The summed E-state index contributed by atoms with van der Waals surface area (Å²) in [4.78, 5) is 11.9. The van der Waals surface area contributed by atoms with Gasteiger partial charge in [-0.05, 0) is 25.2 Å². The smallest absolute Gasteiger partial charge is 0.226 e. The lowest BCUT2D eigenvalue weighted by atomic mass is 9.69. The molecule has 1 rings (SSSR count). The van der Waals surface area contributed by atoms with Crippen LogP contribution in [0.4, 0.5) is 0 Å². The zero-order valence-electron chi connectivity index (χ0n) is 9.24. The summed E-state index contributed by atoms with van der Waals surface area (Å²) < 4.78 is 0. The molecule has 0 heterocycles. The Morgan fingerprint density at radius 2 is 1.92 bits per heavy atom. The van der Waals surface area contributed by atoms with Crippen LogP contribution >= 0.6 is 0 Å². The minimum Gasteiger partial charge on any atom is -0.356 e. The maximum absolute atomic E-state index is 11.9. The van der Waals surface area contributed by atoms with Gasteiger partial charge in [0.05, 0.1) is 5.41 Å². The molecule has 1 saturated carbocycles. The third kappa shape index (κ3) is 1.59. The molecule has 1 fully saturated rings. The Morgan fingerprint density at radius 1 is 1.31 bits per heavy atom. The van der Waals surface area contributed by atoms with Crippen molar-refractivity contribution in [1.82, 2.24) is 5.32 Å². The summed E-state index contributed by atoms with van der Waals surface area (Å²) in [5, 5.41) is 2.94. The Bertz CT molecular complexity index is 210. The predicted octanol–water partition coefficient (Wildman–Crippen LogP) is 2.34. The molecule has 0 radical (unpaired) electrons. The van der Waals surface area contributed by atoms with Crippen LogP contribution in [-0.4, -0.2) is 12.5 Å². The Morgan fingerprint density at radius 3 is 2.31 bits per heavy atom. The van der Waals surface area contributed by atoms with E-state index in [9.17, 15) is 4.79 Å². The Labute approximate surface area is 81.1 Å². The summed E-state index contributed by atoms with van der Waals surface area (Å²) >= 11 is 0. The van der Waals surface area contributed by atoms with Crippen molar-refractivity contribution >= 4 is 5.91 Å². The van der Waals surface area contributed by atoms with Gasteiger partial charge in [-0.25, -0.2) is 0 Å². The van der Waals surface area contributed by atoms with Crippen LogP contribution in [0.25, 0.3) is 0 Å². The highest BCUT2D eigenvalue weighted by molar-refractivity contribution is 5.83. The van der Waals surface area contributed by atoms with Crippen LogP contribution in [0.1, 0.15) is 47.0 Å². The minimum absolute atomic E-state index is 0.150. The molecule has 13 heavy (non-hydrogen) atoms. The van der Waals surface area contributed by atoms with Crippen molar-refractivity contribution in [3.63, 3.8) is 0 Å². The molecular weight excluding hydrogens is 162 g/mol. The monoisotopic (exact) mass is 183 g/mol. The van der Waals surface area contributed by atoms with E-state index in [2.05, 4.69) is 26.1 Å². The number of hydrogen-bond acceptors (Lipinski definition) is 1. The fourth-order valence-corrected chi connectivity index (χ4v) is 2.27. The van der Waals surface area contributed by atoms with Crippen molar-refractivity contribution in [3.05, 3.63) is 0 Å². The van der Waals surface area contributed by atoms with Crippen LogP contribution in [0.5, 0.6) is 0 Å². The normalized spacial score (nSPS) is 31.7. The third-order valence-electron chi connectivity index (χ3n) is 3.81. The SMILES string of the molecule is CCNC(=O)C1(C)CCCC1(C)C. The van der Waals surface area contributed by atoms with Gasteiger partial charge in [-0.1, -0.05) is 27.2 Å². The molecule has 0 bridgehead atoms. The predicted molar refractivity (Wildman–Crippen MR) is 54.4 cm³/mol. The van der Waals surface area contributed by atoms with Crippen molar-refractivity contribution in [2.75, 3.05) is 6.54 Å². The number of carbonyl (C=O) groups is 1. The van der Waals surface area contributed by atoms with E-state index in [4.69, 9.17) is 0 Å². The van der Waals surface area contributed by atoms with Gasteiger partial charge in [0.25, 0.3) is 0 Å². The van der Waals surface area contributed by atoms with Crippen molar-refractivity contribution in [1.29, 1.82) is 0 Å². The highest BCUT2D eigenvalue weighted by atomic mass is 16.2. The Kier molecular flexibility index (Phi) is 2.69. The van der Waals surface area contributed by atoms with Gasteiger partial charge in [0.2, 0.25) is 5.91 Å². The summed E-state index contributed by atoms with van der Waals surface area (Å²) in [6.07, 6.45) is 3.38. The number of carbonyl (C=O) groups excluding carboxylic acids is 1. The molecule has 1 atom stereocenters. The van der Waals surface area contributed by atoms with E-state index in [0.29, 0.717) is 0 Å². The quantitative estimate of drug-likeness (QED) is 0.699. The molecule has 1 unspecified atom stereocenters. The van der Waals surface area contributed by atoms with Gasteiger partial charge < -0.3 is 5.32 Å². The van der Waals surface area contributed by atoms with Crippen LogP contribution in [-0.2, 0) is 4.79 Å². The van der Waals surface area contributed by atoms with E-state index in [1.165, 1.54) is 12.8 Å². The van der Waals surface area contributed by atoms with E-state index in [-0.39, 0.29) is 16.7 Å². The molecule has 2 heteroatoms. The number of hydrogen-bond donors (Lipinski definition) is 1. The van der Waals surface area contributed by atoms with Crippen molar-refractivity contribution in [2.24, 2.45) is 10.8 Å². The topological polar surface area (TPSA) is 29.1 Å². The fraction of sp³-hybridized carbons (Fsp3) is 0.909. The summed E-state index contributed by atoms with van der Waals surface area (Å²) in [6, 6.07) is 0. The van der Waals surface area contributed by atoms with E-state index in [1.54, 1.807) is 0 Å². The highest BCUT2D eigenvalue weighted by Gasteiger charge is 2.49.